The second-order valence-corrected chi connectivity index (χ2v) is 5.58. The third-order valence-electron chi connectivity index (χ3n) is 3.98. The van der Waals surface area contributed by atoms with Crippen LogP contribution in [0.5, 0.6) is 0 Å². The standard InChI is InChI=1S/C16H19N3O2/c1-19(10-15-17-11-21-18-15)16(20)9-12-6-7-13-4-2-3-5-14(13)8-12/h6-8,11H,2-5,9-10H2,1H3. The first-order chi connectivity index (χ1) is 10.2. The van der Waals surface area contributed by atoms with Crippen molar-refractivity contribution in [1.82, 2.24) is 15.0 Å². The van der Waals surface area contributed by atoms with Crippen LogP contribution in [0, 0.1) is 0 Å². The molecule has 0 saturated carbocycles. The van der Waals surface area contributed by atoms with Crippen molar-refractivity contribution in [2.45, 2.75) is 38.6 Å². The largest absolute Gasteiger partial charge is 0.343 e. The Balaban J connectivity index is 1.64. The summed E-state index contributed by atoms with van der Waals surface area (Å²) in [5.41, 5.74) is 3.94. The Kier molecular flexibility index (Phi) is 3.99. The van der Waals surface area contributed by atoms with Crippen LogP contribution in [0.25, 0.3) is 0 Å². The summed E-state index contributed by atoms with van der Waals surface area (Å²) in [7, 11) is 1.76. The molecule has 5 nitrogen and oxygen atoms in total. The third-order valence-corrected chi connectivity index (χ3v) is 3.98. The number of likely N-dealkylation sites (N-methyl/N-ethyl adjacent to an activating group) is 1. The smallest absolute Gasteiger partial charge is 0.227 e. The van der Waals surface area contributed by atoms with Crippen molar-refractivity contribution in [3.8, 4) is 0 Å². The molecule has 0 N–H and O–H groups in total. The first kappa shape index (κ1) is 13.8. The Labute approximate surface area is 124 Å². The van der Waals surface area contributed by atoms with Crippen LogP contribution in [-0.2, 0) is 30.6 Å². The predicted molar refractivity (Wildman–Crippen MR) is 77.6 cm³/mol. The van der Waals surface area contributed by atoms with E-state index in [2.05, 4.69) is 32.9 Å². The number of hydrogen-bond acceptors (Lipinski definition) is 4. The monoisotopic (exact) mass is 285 g/mol. The molecule has 0 unspecified atom stereocenters. The molecule has 0 spiro atoms. The number of nitrogens with zero attached hydrogens (tertiary/aromatic N) is 3. The number of carbonyl (C=O) groups is 1. The van der Waals surface area contributed by atoms with Gasteiger partial charge in [0.2, 0.25) is 12.3 Å². The average Bonchev–Trinajstić information content (AvgIpc) is 3.00. The Hall–Kier alpha value is -2.17. The minimum atomic E-state index is 0.0653. The van der Waals surface area contributed by atoms with E-state index in [9.17, 15) is 4.79 Å². The van der Waals surface area contributed by atoms with Crippen LogP contribution in [0.2, 0.25) is 0 Å². The van der Waals surface area contributed by atoms with Crippen molar-refractivity contribution in [2.24, 2.45) is 0 Å². The number of hydrogen-bond donors (Lipinski definition) is 0. The second-order valence-electron chi connectivity index (χ2n) is 5.58. The highest BCUT2D eigenvalue weighted by Gasteiger charge is 2.14. The Morgan fingerprint density at radius 2 is 2.10 bits per heavy atom. The Bertz CT molecular complexity index is 622. The minimum Gasteiger partial charge on any atom is -0.343 e. The lowest BCUT2D eigenvalue weighted by molar-refractivity contribution is -0.129. The van der Waals surface area contributed by atoms with Gasteiger partial charge in [-0.1, -0.05) is 23.4 Å². The van der Waals surface area contributed by atoms with Gasteiger partial charge in [-0.25, -0.2) is 0 Å². The molecule has 3 rings (SSSR count). The molecule has 0 atom stereocenters. The van der Waals surface area contributed by atoms with Gasteiger partial charge in [0.15, 0.2) is 5.82 Å². The molecule has 1 heterocycles. The van der Waals surface area contributed by atoms with Gasteiger partial charge in [-0.3, -0.25) is 4.79 Å². The number of aromatic nitrogens is 2. The van der Waals surface area contributed by atoms with E-state index in [-0.39, 0.29) is 5.91 Å². The van der Waals surface area contributed by atoms with E-state index >= 15 is 0 Å². The fraction of sp³-hybridized carbons (Fsp3) is 0.438. The van der Waals surface area contributed by atoms with Gasteiger partial charge in [0.25, 0.3) is 0 Å². The number of carbonyl (C=O) groups excluding carboxylic acids is 1. The summed E-state index contributed by atoms with van der Waals surface area (Å²) in [6.45, 7) is 0.375. The van der Waals surface area contributed by atoms with Gasteiger partial charge in [-0.2, -0.15) is 4.98 Å². The van der Waals surface area contributed by atoms with Gasteiger partial charge in [-0.15, -0.1) is 0 Å². The van der Waals surface area contributed by atoms with Crippen molar-refractivity contribution >= 4 is 5.91 Å². The maximum Gasteiger partial charge on any atom is 0.227 e. The van der Waals surface area contributed by atoms with Crippen molar-refractivity contribution in [1.29, 1.82) is 0 Å². The molecule has 1 amide bonds. The van der Waals surface area contributed by atoms with Crippen LogP contribution in [0.15, 0.2) is 29.1 Å². The van der Waals surface area contributed by atoms with E-state index < -0.39 is 0 Å². The van der Waals surface area contributed by atoms with Gasteiger partial charge >= 0.3 is 0 Å². The van der Waals surface area contributed by atoms with Crippen LogP contribution >= 0.6 is 0 Å². The summed E-state index contributed by atoms with van der Waals surface area (Å²) in [5, 5.41) is 3.72. The SMILES string of the molecule is CN(Cc1ncon1)C(=O)Cc1ccc2c(c1)CCCC2. The van der Waals surface area contributed by atoms with Gasteiger partial charge in [-0.05, 0) is 42.4 Å². The van der Waals surface area contributed by atoms with E-state index in [1.807, 2.05) is 0 Å². The van der Waals surface area contributed by atoms with Crippen LogP contribution in [0.1, 0.15) is 35.4 Å². The first-order valence-corrected chi connectivity index (χ1v) is 7.32. The summed E-state index contributed by atoms with van der Waals surface area (Å²) < 4.78 is 4.68. The van der Waals surface area contributed by atoms with Crippen LogP contribution in [-0.4, -0.2) is 28.0 Å². The van der Waals surface area contributed by atoms with Crippen LogP contribution in [0.4, 0.5) is 0 Å². The van der Waals surface area contributed by atoms with E-state index in [0.29, 0.717) is 18.8 Å². The zero-order valence-electron chi connectivity index (χ0n) is 12.2. The van der Waals surface area contributed by atoms with Crippen LogP contribution < -0.4 is 0 Å². The molecule has 0 radical (unpaired) electrons. The quantitative estimate of drug-likeness (QED) is 0.863. The lowest BCUT2D eigenvalue weighted by Gasteiger charge is -2.18. The van der Waals surface area contributed by atoms with Crippen LogP contribution in [0.3, 0.4) is 0 Å². The molecule has 0 saturated heterocycles. The molecule has 21 heavy (non-hydrogen) atoms. The van der Waals surface area contributed by atoms with Gasteiger partial charge in [0, 0.05) is 7.05 Å². The van der Waals surface area contributed by atoms with Crippen molar-refractivity contribution in [3.05, 3.63) is 47.1 Å². The van der Waals surface area contributed by atoms with E-state index in [0.717, 1.165) is 12.0 Å². The summed E-state index contributed by atoms with van der Waals surface area (Å²) in [5.74, 6) is 0.590. The molecule has 0 aliphatic heterocycles. The normalized spacial score (nSPS) is 13.8. The molecule has 1 aliphatic rings. The van der Waals surface area contributed by atoms with Gasteiger partial charge in [0.1, 0.15) is 0 Å². The lowest BCUT2D eigenvalue weighted by atomic mass is 9.90. The zero-order valence-corrected chi connectivity index (χ0v) is 12.2. The molecule has 0 fully saturated rings. The number of aryl methyl sites for hydroxylation is 2. The van der Waals surface area contributed by atoms with Gasteiger partial charge in [0.05, 0.1) is 13.0 Å². The topological polar surface area (TPSA) is 59.2 Å². The predicted octanol–water partition coefficient (Wildman–Crippen LogP) is 2.15. The first-order valence-electron chi connectivity index (χ1n) is 7.32. The van der Waals surface area contributed by atoms with Crippen molar-refractivity contribution in [3.63, 3.8) is 0 Å². The molecule has 2 aromatic rings. The summed E-state index contributed by atoms with van der Waals surface area (Å²) in [4.78, 5) is 17.8. The lowest BCUT2D eigenvalue weighted by Crippen LogP contribution is -2.28. The number of benzene rings is 1. The Morgan fingerprint density at radius 3 is 2.86 bits per heavy atom. The number of fused-ring (bicyclic) bond motifs is 1. The van der Waals surface area contributed by atoms with E-state index in [1.54, 1.807) is 11.9 Å². The molecule has 5 heteroatoms. The average molecular weight is 285 g/mol. The molecule has 0 bridgehead atoms. The molecule has 110 valence electrons. The molecule has 1 aliphatic carbocycles. The molecule has 1 aromatic carbocycles. The molecular weight excluding hydrogens is 266 g/mol. The zero-order chi connectivity index (χ0) is 14.7. The molecular formula is C16H19N3O2. The fourth-order valence-corrected chi connectivity index (χ4v) is 2.77. The molecule has 1 aromatic heterocycles. The van der Waals surface area contributed by atoms with E-state index in [4.69, 9.17) is 0 Å². The minimum absolute atomic E-state index is 0.0653. The maximum absolute atomic E-state index is 12.2. The second kappa shape index (κ2) is 6.08. The Morgan fingerprint density at radius 1 is 1.29 bits per heavy atom. The fourth-order valence-electron chi connectivity index (χ4n) is 2.77. The highest BCUT2D eigenvalue weighted by molar-refractivity contribution is 5.78. The van der Waals surface area contributed by atoms with E-state index in [1.165, 1.54) is 36.8 Å². The summed E-state index contributed by atoms with van der Waals surface area (Å²) in [6.07, 6.45) is 6.52. The summed E-state index contributed by atoms with van der Waals surface area (Å²) >= 11 is 0. The number of rotatable bonds is 4. The maximum atomic E-state index is 12.2. The summed E-state index contributed by atoms with van der Waals surface area (Å²) in [6, 6.07) is 6.44. The number of amides is 1. The highest BCUT2D eigenvalue weighted by atomic mass is 16.5. The van der Waals surface area contributed by atoms with Gasteiger partial charge < -0.3 is 9.42 Å². The van der Waals surface area contributed by atoms with Crippen molar-refractivity contribution < 1.29 is 9.32 Å². The highest BCUT2D eigenvalue weighted by Crippen LogP contribution is 2.22. The third kappa shape index (κ3) is 3.29. The van der Waals surface area contributed by atoms with Crippen molar-refractivity contribution in [2.75, 3.05) is 7.05 Å².